The summed E-state index contributed by atoms with van der Waals surface area (Å²) in [5, 5.41) is 5.33. The van der Waals surface area contributed by atoms with Crippen molar-refractivity contribution in [2.24, 2.45) is 0 Å². The standard InChI is InChI=1S/C15H14N2OS/c1-10(2)17-12(7-8-16-17)15(18)14-9-11-5-3-4-6-13(11)19-14/h3-10H,1-2H3. The lowest BCUT2D eigenvalue weighted by Gasteiger charge is -2.08. The number of thiophene rings is 1. The molecule has 3 aromatic rings. The van der Waals surface area contributed by atoms with Crippen molar-refractivity contribution in [1.82, 2.24) is 9.78 Å². The molecule has 96 valence electrons. The molecule has 0 spiro atoms. The van der Waals surface area contributed by atoms with E-state index in [4.69, 9.17) is 0 Å². The van der Waals surface area contributed by atoms with E-state index in [-0.39, 0.29) is 11.8 Å². The van der Waals surface area contributed by atoms with Gasteiger partial charge in [0.05, 0.1) is 4.88 Å². The molecule has 0 amide bonds. The Hall–Kier alpha value is -1.94. The molecule has 0 atom stereocenters. The lowest BCUT2D eigenvalue weighted by atomic mass is 10.2. The third-order valence-corrected chi connectivity index (χ3v) is 4.16. The summed E-state index contributed by atoms with van der Waals surface area (Å²) >= 11 is 1.53. The summed E-state index contributed by atoms with van der Waals surface area (Å²) in [5.41, 5.74) is 0.654. The summed E-state index contributed by atoms with van der Waals surface area (Å²) in [6, 6.07) is 12.0. The Morgan fingerprint density at radius 1 is 1.26 bits per heavy atom. The molecule has 2 heterocycles. The zero-order valence-corrected chi connectivity index (χ0v) is 11.6. The van der Waals surface area contributed by atoms with Crippen molar-refractivity contribution in [1.29, 1.82) is 0 Å². The van der Waals surface area contributed by atoms with Gasteiger partial charge in [0.25, 0.3) is 0 Å². The third-order valence-electron chi connectivity index (χ3n) is 3.04. The van der Waals surface area contributed by atoms with Crippen molar-refractivity contribution in [3.63, 3.8) is 0 Å². The minimum atomic E-state index is 0.0485. The van der Waals surface area contributed by atoms with Crippen LogP contribution in [0, 0.1) is 0 Å². The predicted octanol–water partition coefficient (Wildman–Crippen LogP) is 3.91. The lowest BCUT2D eigenvalue weighted by Crippen LogP contribution is -2.12. The van der Waals surface area contributed by atoms with E-state index < -0.39 is 0 Å². The Morgan fingerprint density at radius 3 is 2.79 bits per heavy atom. The van der Waals surface area contributed by atoms with Gasteiger partial charge in [0, 0.05) is 16.9 Å². The minimum Gasteiger partial charge on any atom is -0.286 e. The fourth-order valence-electron chi connectivity index (χ4n) is 2.13. The van der Waals surface area contributed by atoms with Crippen LogP contribution < -0.4 is 0 Å². The molecule has 0 aliphatic carbocycles. The highest BCUT2D eigenvalue weighted by Gasteiger charge is 2.18. The highest BCUT2D eigenvalue weighted by Crippen LogP contribution is 2.27. The van der Waals surface area contributed by atoms with E-state index in [1.807, 2.05) is 44.2 Å². The first-order valence-corrected chi connectivity index (χ1v) is 7.05. The Bertz CT molecular complexity index is 706. The highest BCUT2D eigenvalue weighted by atomic mass is 32.1. The maximum absolute atomic E-state index is 12.6. The van der Waals surface area contributed by atoms with E-state index in [1.165, 1.54) is 11.3 Å². The normalized spacial score (nSPS) is 11.3. The highest BCUT2D eigenvalue weighted by molar-refractivity contribution is 7.21. The van der Waals surface area contributed by atoms with Gasteiger partial charge in [-0.1, -0.05) is 18.2 Å². The molecule has 3 nitrogen and oxygen atoms in total. The number of carbonyl (C=O) groups excluding carboxylic acids is 1. The zero-order valence-electron chi connectivity index (χ0n) is 10.8. The molecule has 0 fully saturated rings. The van der Waals surface area contributed by atoms with Gasteiger partial charge in [0.2, 0.25) is 5.78 Å². The van der Waals surface area contributed by atoms with Crippen LogP contribution in [0.4, 0.5) is 0 Å². The van der Waals surface area contributed by atoms with Crippen LogP contribution in [0.5, 0.6) is 0 Å². The van der Waals surface area contributed by atoms with Crippen LogP contribution in [-0.2, 0) is 0 Å². The molecule has 19 heavy (non-hydrogen) atoms. The van der Waals surface area contributed by atoms with Crippen LogP contribution in [0.2, 0.25) is 0 Å². The van der Waals surface area contributed by atoms with Gasteiger partial charge in [0.15, 0.2) is 0 Å². The quantitative estimate of drug-likeness (QED) is 0.676. The van der Waals surface area contributed by atoms with Gasteiger partial charge in [-0.05, 0) is 37.4 Å². The van der Waals surface area contributed by atoms with Crippen LogP contribution >= 0.6 is 11.3 Å². The second-order valence-corrected chi connectivity index (χ2v) is 5.82. The molecule has 0 aliphatic heterocycles. The summed E-state index contributed by atoms with van der Waals surface area (Å²) in [6.45, 7) is 4.05. The first-order chi connectivity index (χ1) is 9.16. The van der Waals surface area contributed by atoms with Gasteiger partial charge in [-0.15, -0.1) is 11.3 Å². The largest absolute Gasteiger partial charge is 0.286 e. The van der Waals surface area contributed by atoms with Gasteiger partial charge in [-0.25, -0.2) is 0 Å². The second kappa shape index (κ2) is 4.63. The van der Waals surface area contributed by atoms with Crippen LogP contribution in [0.3, 0.4) is 0 Å². The number of aromatic nitrogens is 2. The van der Waals surface area contributed by atoms with Crippen molar-refractivity contribution < 1.29 is 4.79 Å². The summed E-state index contributed by atoms with van der Waals surface area (Å²) in [4.78, 5) is 13.3. The van der Waals surface area contributed by atoms with E-state index in [0.29, 0.717) is 5.69 Å². The summed E-state index contributed by atoms with van der Waals surface area (Å²) < 4.78 is 2.91. The molecule has 0 saturated heterocycles. The average Bonchev–Trinajstić information content (AvgIpc) is 3.04. The summed E-state index contributed by atoms with van der Waals surface area (Å²) in [7, 11) is 0. The van der Waals surface area contributed by atoms with E-state index in [1.54, 1.807) is 16.9 Å². The fraction of sp³-hybridized carbons (Fsp3) is 0.200. The molecular formula is C15H14N2OS. The number of fused-ring (bicyclic) bond motifs is 1. The second-order valence-electron chi connectivity index (χ2n) is 4.73. The fourth-order valence-corrected chi connectivity index (χ4v) is 3.14. The van der Waals surface area contributed by atoms with Gasteiger partial charge < -0.3 is 0 Å². The summed E-state index contributed by atoms with van der Waals surface area (Å²) in [6.07, 6.45) is 1.68. The minimum absolute atomic E-state index is 0.0485. The van der Waals surface area contributed by atoms with Crippen LogP contribution in [0.25, 0.3) is 10.1 Å². The van der Waals surface area contributed by atoms with Crippen molar-refractivity contribution in [2.45, 2.75) is 19.9 Å². The Balaban J connectivity index is 2.06. The van der Waals surface area contributed by atoms with Crippen molar-refractivity contribution >= 4 is 27.2 Å². The number of carbonyl (C=O) groups is 1. The first kappa shape index (κ1) is 12.1. The van der Waals surface area contributed by atoms with E-state index in [9.17, 15) is 4.79 Å². The van der Waals surface area contributed by atoms with Crippen molar-refractivity contribution in [2.75, 3.05) is 0 Å². The van der Waals surface area contributed by atoms with E-state index in [0.717, 1.165) is 15.0 Å². The topological polar surface area (TPSA) is 34.9 Å². The molecule has 2 aromatic heterocycles. The Morgan fingerprint density at radius 2 is 2.05 bits per heavy atom. The lowest BCUT2D eigenvalue weighted by molar-refractivity contribution is 0.103. The monoisotopic (exact) mass is 270 g/mol. The number of hydrogen-bond acceptors (Lipinski definition) is 3. The van der Waals surface area contributed by atoms with Gasteiger partial charge >= 0.3 is 0 Å². The van der Waals surface area contributed by atoms with Gasteiger partial charge in [-0.3, -0.25) is 9.48 Å². The molecule has 0 radical (unpaired) electrons. The maximum Gasteiger partial charge on any atom is 0.220 e. The maximum atomic E-state index is 12.6. The molecule has 0 aliphatic rings. The first-order valence-electron chi connectivity index (χ1n) is 6.23. The molecule has 0 unspecified atom stereocenters. The number of benzene rings is 1. The van der Waals surface area contributed by atoms with Crippen LogP contribution in [-0.4, -0.2) is 15.6 Å². The predicted molar refractivity (Wildman–Crippen MR) is 77.9 cm³/mol. The van der Waals surface area contributed by atoms with Crippen LogP contribution in [0.15, 0.2) is 42.6 Å². The number of rotatable bonds is 3. The molecular weight excluding hydrogens is 256 g/mol. The molecule has 0 N–H and O–H groups in total. The van der Waals surface area contributed by atoms with Crippen molar-refractivity contribution in [3.05, 3.63) is 53.2 Å². The van der Waals surface area contributed by atoms with E-state index >= 15 is 0 Å². The Labute approximate surface area is 115 Å². The molecule has 1 aromatic carbocycles. The molecule has 4 heteroatoms. The number of hydrogen-bond donors (Lipinski definition) is 0. The van der Waals surface area contributed by atoms with Crippen LogP contribution in [0.1, 0.15) is 35.3 Å². The average molecular weight is 270 g/mol. The number of nitrogens with zero attached hydrogens (tertiary/aromatic N) is 2. The number of ketones is 1. The smallest absolute Gasteiger partial charge is 0.220 e. The molecule has 0 saturated carbocycles. The van der Waals surface area contributed by atoms with E-state index in [2.05, 4.69) is 5.10 Å². The third kappa shape index (κ3) is 2.08. The SMILES string of the molecule is CC(C)n1nccc1C(=O)c1cc2ccccc2s1. The molecule has 3 rings (SSSR count). The van der Waals surface area contributed by atoms with Crippen molar-refractivity contribution in [3.8, 4) is 0 Å². The Kier molecular flexibility index (Phi) is 2.95. The van der Waals surface area contributed by atoms with Gasteiger partial charge in [0.1, 0.15) is 5.69 Å². The zero-order chi connectivity index (χ0) is 13.4. The molecule has 0 bridgehead atoms. The summed E-state index contributed by atoms with van der Waals surface area (Å²) in [5.74, 6) is 0.0485. The van der Waals surface area contributed by atoms with Gasteiger partial charge in [-0.2, -0.15) is 5.10 Å².